The second kappa shape index (κ2) is 9.83. The lowest BCUT2D eigenvalue weighted by Gasteiger charge is -2.07. The summed E-state index contributed by atoms with van der Waals surface area (Å²) in [4.78, 5) is 62.1. The molecule has 0 atom stereocenters. The number of fused-ring (bicyclic) bond motifs is 1. The maximum Gasteiger partial charge on any atom is 0.288 e. The van der Waals surface area contributed by atoms with Crippen molar-refractivity contribution in [3.63, 3.8) is 0 Å². The van der Waals surface area contributed by atoms with Crippen LogP contribution in [0.5, 0.6) is 0 Å². The van der Waals surface area contributed by atoms with Gasteiger partial charge in [0.1, 0.15) is 16.2 Å². The van der Waals surface area contributed by atoms with Gasteiger partial charge in [-0.3, -0.25) is 50.8 Å². The zero-order valence-electron chi connectivity index (χ0n) is 17.7. The fourth-order valence-electron chi connectivity index (χ4n) is 2.92. The zero-order valence-corrected chi connectivity index (χ0v) is 18.5. The normalized spacial score (nSPS) is 10.4. The van der Waals surface area contributed by atoms with Crippen molar-refractivity contribution in [3.8, 4) is 0 Å². The molecule has 170 valence electrons. The van der Waals surface area contributed by atoms with E-state index in [-0.39, 0.29) is 17.0 Å². The van der Waals surface area contributed by atoms with Gasteiger partial charge < -0.3 is 0 Å². The molecule has 0 saturated carbocycles. The molecule has 0 unspecified atom stereocenters. The number of amides is 4. The highest BCUT2D eigenvalue weighted by Crippen LogP contribution is 2.29. The smallest absolute Gasteiger partial charge is 0.267 e. The summed E-state index contributed by atoms with van der Waals surface area (Å²) in [5.74, 6) is -2.24. The van der Waals surface area contributed by atoms with Crippen molar-refractivity contribution < 1.29 is 19.2 Å². The topological polar surface area (TPSA) is 155 Å². The Bertz CT molecular complexity index is 1390. The van der Waals surface area contributed by atoms with Crippen LogP contribution in [0.15, 0.2) is 61.1 Å². The van der Waals surface area contributed by atoms with Gasteiger partial charge in [0.2, 0.25) is 0 Å². The summed E-state index contributed by atoms with van der Waals surface area (Å²) in [5, 5.41) is 0.593. The molecule has 4 rings (SSSR count). The SMILES string of the molecule is Cc1c(C(=O)NNC(=O)c2ccccn2)sc2ncc(C(=O)NNC(=O)c3ccccn3)cc12. The Balaban J connectivity index is 1.43. The third-order valence-corrected chi connectivity index (χ3v) is 5.85. The van der Waals surface area contributed by atoms with Gasteiger partial charge in [0, 0.05) is 24.0 Å². The number of hydrazine groups is 2. The average Bonchev–Trinajstić information content (AvgIpc) is 3.22. The van der Waals surface area contributed by atoms with E-state index in [1.165, 1.54) is 30.7 Å². The minimum atomic E-state index is -0.585. The second-order valence-electron chi connectivity index (χ2n) is 6.88. The minimum Gasteiger partial charge on any atom is -0.267 e. The summed E-state index contributed by atoms with van der Waals surface area (Å²) >= 11 is 1.12. The van der Waals surface area contributed by atoms with E-state index in [9.17, 15) is 19.2 Å². The Morgan fingerprint density at radius 1 is 0.735 bits per heavy atom. The van der Waals surface area contributed by atoms with Crippen LogP contribution in [0.3, 0.4) is 0 Å². The Labute approximate surface area is 196 Å². The number of aryl methyl sites for hydroxylation is 1. The number of nitrogens with zero attached hydrogens (tertiary/aromatic N) is 3. The number of thiophene rings is 1. The van der Waals surface area contributed by atoms with Crippen molar-refractivity contribution in [2.45, 2.75) is 6.92 Å². The summed E-state index contributed by atoms with van der Waals surface area (Å²) in [6.45, 7) is 1.71. The van der Waals surface area contributed by atoms with E-state index in [0.717, 1.165) is 11.3 Å². The van der Waals surface area contributed by atoms with Crippen LogP contribution in [0.1, 0.15) is 46.6 Å². The van der Waals surface area contributed by atoms with Crippen molar-refractivity contribution in [2.75, 3.05) is 0 Å². The summed E-state index contributed by atoms with van der Waals surface area (Å²) < 4.78 is 0. The number of hydrogen-bond donors (Lipinski definition) is 4. The van der Waals surface area contributed by atoms with Gasteiger partial charge >= 0.3 is 0 Å². The molecule has 4 aromatic rings. The maximum absolute atomic E-state index is 12.6. The van der Waals surface area contributed by atoms with Gasteiger partial charge in [0.15, 0.2) is 0 Å². The van der Waals surface area contributed by atoms with E-state index in [2.05, 4.69) is 36.7 Å². The van der Waals surface area contributed by atoms with Gasteiger partial charge in [-0.1, -0.05) is 12.1 Å². The molecule has 0 aliphatic rings. The quantitative estimate of drug-likeness (QED) is 0.326. The van der Waals surface area contributed by atoms with Crippen molar-refractivity contribution in [2.24, 2.45) is 0 Å². The number of rotatable bonds is 4. The third-order valence-electron chi connectivity index (χ3n) is 4.64. The summed E-state index contributed by atoms with van der Waals surface area (Å²) in [6, 6.07) is 11.2. The van der Waals surface area contributed by atoms with Crippen LogP contribution in [-0.2, 0) is 0 Å². The molecule has 0 aromatic carbocycles. The van der Waals surface area contributed by atoms with E-state index in [1.807, 2.05) is 0 Å². The van der Waals surface area contributed by atoms with E-state index < -0.39 is 23.6 Å². The Hall–Kier alpha value is -4.71. The molecule has 12 heteroatoms. The lowest BCUT2D eigenvalue weighted by Crippen LogP contribution is -2.42. The van der Waals surface area contributed by atoms with Crippen LogP contribution < -0.4 is 21.7 Å². The monoisotopic (exact) mass is 475 g/mol. The summed E-state index contributed by atoms with van der Waals surface area (Å²) in [6.07, 6.45) is 4.27. The predicted molar refractivity (Wildman–Crippen MR) is 123 cm³/mol. The molecule has 0 radical (unpaired) electrons. The van der Waals surface area contributed by atoms with E-state index in [4.69, 9.17) is 0 Å². The van der Waals surface area contributed by atoms with Crippen LogP contribution in [0.4, 0.5) is 0 Å². The van der Waals surface area contributed by atoms with Crippen LogP contribution in [-0.4, -0.2) is 38.6 Å². The summed E-state index contributed by atoms with van der Waals surface area (Å²) in [7, 11) is 0. The molecule has 11 nitrogen and oxygen atoms in total. The number of aromatic nitrogens is 3. The number of carbonyl (C=O) groups is 4. The average molecular weight is 475 g/mol. The Kier molecular flexibility index (Phi) is 6.50. The van der Waals surface area contributed by atoms with Gasteiger partial charge in [-0.25, -0.2) is 4.98 Å². The second-order valence-corrected chi connectivity index (χ2v) is 7.88. The lowest BCUT2D eigenvalue weighted by molar-refractivity contribution is 0.0844. The highest BCUT2D eigenvalue weighted by Gasteiger charge is 2.19. The highest BCUT2D eigenvalue weighted by molar-refractivity contribution is 7.20. The van der Waals surface area contributed by atoms with Crippen LogP contribution in [0, 0.1) is 6.92 Å². The van der Waals surface area contributed by atoms with Crippen molar-refractivity contribution >= 4 is 45.2 Å². The molecule has 4 heterocycles. The molecular weight excluding hydrogens is 458 g/mol. The molecular formula is C22H17N7O4S. The maximum atomic E-state index is 12.6. The van der Waals surface area contributed by atoms with Crippen molar-refractivity contribution in [1.29, 1.82) is 0 Å². The number of hydrogen-bond acceptors (Lipinski definition) is 8. The summed E-state index contributed by atoms with van der Waals surface area (Å²) in [5.41, 5.74) is 10.3. The molecule has 0 spiro atoms. The molecule has 4 amide bonds. The van der Waals surface area contributed by atoms with E-state index >= 15 is 0 Å². The van der Waals surface area contributed by atoms with Crippen LogP contribution >= 0.6 is 11.3 Å². The standard InChI is InChI=1S/C22H17N7O4S/c1-12-14-10-13(18(30)26-27-19(31)15-6-2-4-8-23-15)11-25-22(14)34-17(12)21(33)29-28-20(32)16-7-3-5-9-24-16/h2-11H,1H3,(H,26,30)(H,27,31)(H,28,32)(H,29,33). The predicted octanol–water partition coefficient (Wildman–Crippen LogP) is 1.54. The molecule has 4 N–H and O–H groups in total. The fourth-order valence-corrected chi connectivity index (χ4v) is 3.94. The van der Waals surface area contributed by atoms with E-state index in [1.54, 1.807) is 37.3 Å². The minimum absolute atomic E-state index is 0.149. The molecule has 0 aliphatic carbocycles. The van der Waals surface area contributed by atoms with Crippen molar-refractivity contribution in [1.82, 2.24) is 36.7 Å². The molecule has 0 fully saturated rings. The number of carbonyl (C=O) groups excluding carboxylic acids is 4. The first-order chi connectivity index (χ1) is 16.4. The molecule has 0 bridgehead atoms. The van der Waals surface area contributed by atoms with E-state index in [0.29, 0.717) is 20.7 Å². The number of pyridine rings is 3. The third kappa shape index (κ3) is 4.86. The van der Waals surface area contributed by atoms with Gasteiger partial charge in [0.25, 0.3) is 23.6 Å². The van der Waals surface area contributed by atoms with Gasteiger partial charge in [-0.2, -0.15) is 0 Å². The molecule has 0 aliphatic heterocycles. The van der Waals surface area contributed by atoms with Crippen LogP contribution in [0.2, 0.25) is 0 Å². The van der Waals surface area contributed by atoms with Gasteiger partial charge in [-0.05, 0) is 42.8 Å². The van der Waals surface area contributed by atoms with Gasteiger partial charge in [0.05, 0.1) is 10.4 Å². The first-order valence-electron chi connectivity index (χ1n) is 9.86. The highest BCUT2D eigenvalue weighted by atomic mass is 32.1. The Morgan fingerprint density at radius 3 is 1.85 bits per heavy atom. The van der Waals surface area contributed by atoms with Crippen LogP contribution in [0.25, 0.3) is 10.2 Å². The lowest BCUT2D eigenvalue weighted by atomic mass is 10.1. The Morgan fingerprint density at radius 2 is 1.29 bits per heavy atom. The molecule has 34 heavy (non-hydrogen) atoms. The molecule has 0 saturated heterocycles. The first-order valence-corrected chi connectivity index (χ1v) is 10.7. The van der Waals surface area contributed by atoms with Gasteiger partial charge in [-0.15, -0.1) is 11.3 Å². The van der Waals surface area contributed by atoms with Crippen molar-refractivity contribution in [3.05, 3.63) is 88.4 Å². The first kappa shape index (κ1) is 22.5. The largest absolute Gasteiger partial charge is 0.288 e. The molecule has 4 aromatic heterocycles. The number of nitrogens with one attached hydrogen (secondary N) is 4. The fraction of sp³-hybridized carbons (Fsp3) is 0.0455. The zero-order chi connectivity index (χ0) is 24.1.